The summed E-state index contributed by atoms with van der Waals surface area (Å²) in [6.45, 7) is 3.08. The summed E-state index contributed by atoms with van der Waals surface area (Å²) in [6.07, 6.45) is 5.12. The van der Waals surface area contributed by atoms with E-state index in [4.69, 9.17) is 10.00 Å². The smallest absolute Gasteiger partial charge is 0.214 e. The maximum atomic E-state index is 12.6. The van der Waals surface area contributed by atoms with Crippen LogP contribution >= 0.6 is 0 Å². The lowest BCUT2D eigenvalue weighted by molar-refractivity contribution is 0.207. The van der Waals surface area contributed by atoms with Crippen LogP contribution in [0.4, 0.5) is 0 Å². The number of rotatable bonds is 5. The molecule has 1 saturated carbocycles. The van der Waals surface area contributed by atoms with Gasteiger partial charge in [0.25, 0.3) is 0 Å². The standard InChI is InChI=1S/C17H23N3O3S/c1-13-2-3-14(8-13)12-24(21,22)20-7-6-16(11-20)23-17-5-4-15(9-18)10-19-17/h4-5,10,13-14,16H,2-3,6-8,11-12H2,1H3. The van der Waals surface area contributed by atoms with E-state index in [2.05, 4.69) is 11.9 Å². The highest BCUT2D eigenvalue weighted by Gasteiger charge is 2.35. The molecular formula is C17H23N3O3S. The predicted octanol–water partition coefficient (Wildman–Crippen LogP) is 2.17. The minimum absolute atomic E-state index is 0.178. The Hall–Kier alpha value is -1.65. The van der Waals surface area contributed by atoms with Crippen LogP contribution in [0.2, 0.25) is 0 Å². The van der Waals surface area contributed by atoms with Crippen LogP contribution in [-0.2, 0) is 10.0 Å². The molecule has 1 aliphatic carbocycles. The molecule has 2 aliphatic rings. The first-order valence-corrected chi connectivity index (χ1v) is 10.1. The van der Waals surface area contributed by atoms with E-state index in [-0.39, 0.29) is 11.9 Å². The summed E-state index contributed by atoms with van der Waals surface area (Å²) in [6, 6.07) is 5.30. The van der Waals surface area contributed by atoms with Gasteiger partial charge < -0.3 is 4.74 Å². The average molecular weight is 349 g/mol. The van der Waals surface area contributed by atoms with E-state index in [9.17, 15) is 8.42 Å². The zero-order valence-electron chi connectivity index (χ0n) is 13.9. The van der Waals surface area contributed by atoms with Gasteiger partial charge in [0.05, 0.1) is 17.9 Å². The van der Waals surface area contributed by atoms with Crippen molar-refractivity contribution in [2.24, 2.45) is 11.8 Å². The molecule has 0 spiro atoms. The van der Waals surface area contributed by atoms with Gasteiger partial charge in [-0.2, -0.15) is 9.57 Å². The molecule has 1 aromatic heterocycles. The zero-order valence-corrected chi connectivity index (χ0v) is 14.7. The van der Waals surface area contributed by atoms with Gasteiger partial charge in [0.1, 0.15) is 12.2 Å². The van der Waals surface area contributed by atoms with Crippen molar-refractivity contribution >= 4 is 10.0 Å². The average Bonchev–Trinajstić information content (AvgIpc) is 3.17. The molecule has 3 rings (SSSR count). The van der Waals surface area contributed by atoms with Crippen molar-refractivity contribution in [3.63, 3.8) is 0 Å². The number of sulfonamides is 1. The third-order valence-electron chi connectivity index (χ3n) is 4.90. The second kappa shape index (κ2) is 7.08. The molecule has 1 aliphatic heterocycles. The highest BCUT2D eigenvalue weighted by molar-refractivity contribution is 7.89. The first-order valence-electron chi connectivity index (χ1n) is 8.47. The Morgan fingerprint density at radius 3 is 2.83 bits per heavy atom. The molecule has 0 bridgehead atoms. The lowest BCUT2D eigenvalue weighted by Gasteiger charge is -2.19. The van der Waals surface area contributed by atoms with Crippen LogP contribution < -0.4 is 4.74 Å². The van der Waals surface area contributed by atoms with E-state index in [0.717, 1.165) is 19.3 Å². The normalized spacial score (nSPS) is 27.9. The van der Waals surface area contributed by atoms with Crippen molar-refractivity contribution in [2.45, 2.75) is 38.7 Å². The number of pyridine rings is 1. The third-order valence-corrected chi connectivity index (χ3v) is 6.91. The maximum absolute atomic E-state index is 12.6. The molecule has 7 heteroatoms. The molecule has 0 radical (unpaired) electrons. The van der Waals surface area contributed by atoms with Gasteiger partial charge in [0, 0.05) is 18.8 Å². The molecule has 130 valence electrons. The lowest BCUT2D eigenvalue weighted by atomic mass is 10.1. The Balaban J connectivity index is 1.55. The van der Waals surface area contributed by atoms with Crippen LogP contribution in [0, 0.1) is 23.2 Å². The summed E-state index contributed by atoms with van der Waals surface area (Å²) in [7, 11) is -3.21. The SMILES string of the molecule is CC1CCC(CS(=O)(=O)N2CCC(Oc3ccc(C#N)cn3)C2)C1. The highest BCUT2D eigenvalue weighted by atomic mass is 32.2. The van der Waals surface area contributed by atoms with E-state index >= 15 is 0 Å². The van der Waals surface area contributed by atoms with Gasteiger partial charge in [-0.1, -0.05) is 13.3 Å². The summed E-state index contributed by atoms with van der Waals surface area (Å²) in [5.41, 5.74) is 0.476. The zero-order chi connectivity index (χ0) is 17.2. The Kier molecular flexibility index (Phi) is 5.07. The molecule has 0 amide bonds. The van der Waals surface area contributed by atoms with E-state index < -0.39 is 10.0 Å². The van der Waals surface area contributed by atoms with Gasteiger partial charge in [-0.15, -0.1) is 0 Å². The summed E-state index contributed by atoms with van der Waals surface area (Å²) in [4.78, 5) is 4.08. The fraction of sp³-hybridized carbons (Fsp3) is 0.647. The Morgan fingerprint density at radius 2 is 2.21 bits per heavy atom. The van der Waals surface area contributed by atoms with E-state index in [1.54, 1.807) is 16.4 Å². The molecule has 0 N–H and O–H groups in total. The highest BCUT2D eigenvalue weighted by Crippen LogP contribution is 2.32. The summed E-state index contributed by atoms with van der Waals surface area (Å²) < 4.78 is 32.5. The predicted molar refractivity (Wildman–Crippen MR) is 89.8 cm³/mol. The largest absolute Gasteiger partial charge is 0.473 e. The first kappa shape index (κ1) is 17.2. The Bertz CT molecular complexity index is 712. The number of aromatic nitrogens is 1. The van der Waals surface area contributed by atoms with E-state index in [0.29, 0.717) is 42.8 Å². The maximum Gasteiger partial charge on any atom is 0.214 e. The van der Waals surface area contributed by atoms with Crippen molar-refractivity contribution in [1.82, 2.24) is 9.29 Å². The quantitative estimate of drug-likeness (QED) is 0.813. The third kappa shape index (κ3) is 4.05. The molecule has 24 heavy (non-hydrogen) atoms. The van der Waals surface area contributed by atoms with Crippen LogP contribution in [0.15, 0.2) is 18.3 Å². The van der Waals surface area contributed by atoms with Crippen molar-refractivity contribution in [3.05, 3.63) is 23.9 Å². The fourth-order valence-corrected chi connectivity index (χ4v) is 5.50. The molecule has 3 atom stereocenters. The summed E-state index contributed by atoms with van der Waals surface area (Å²) in [5.74, 6) is 1.63. The van der Waals surface area contributed by atoms with Crippen LogP contribution in [0.5, 0.6) is 5.88 Å². The summed E-state index contributed by atoms with van der Waals surface area (Å²) >= 11 is 0. The number of hydrogen-bond donors (Lipinski definition) is 0. The molecular weight excluding hydrogens is 326 g/mol. The van der Waals surface area contributed by atoms with Crippen LogP contribution in [0.3, 0.4) is 0 Å². The minimum Gasteiger partial charge on any atom is -0.473 e. The molecule has 3 unspecified atom stereocenters. The van der Waals surface area contributed by atoms with Crippen LogP contribution in [0.1, 0.15) is 38.2 Å². The van der Waals surface area contributed by atoms with Gasteiger partial charge in [-0.3, -0.25) is 0 Å². The van der Waals surface area contributed by atoms with E-state index in [1.807, 2.05) is 6.07 Å². The molecule has 1 aromatic rings. The van der Waals surface area contributed by atoms with Gasteiger partial charge in [0.15, 0.2) is 0 Å². The van der Waals surface area contributed by atoms with Gasteiger partial charge in [-0.25, -0.2) is 13.4 Å². The Morgan fingerprint density at radius 1 is 1.38 bits per heavy atom. The van der Waals surface area contributed by atoms with E-state index in [1.165, 1.54) is 6.20 Å². The topological polar surface area (TPSA) is 83.3 Å². The molecule has 6 nitrogen and oxygen atoms in total. The van der Waals surface area contributed by atoms with Crippen molar-refractivity contribution < 1.29 is 13.2 Å². The second-order valence-electron chi connectivity index (χ2n) is 6.95. The van der Waals surface area contributed by atoms with Crippen molar-refractivity contribution in [2.75, 3.05) is 18.8 Å². The lowest BCUT2D eigenvalue weighted by Crippen LogP contribution is -2.34. The molecule has 1 saturated heterocycles. The molecule has 2 heterocycles. The minimum atomic E-state index is -3.21. The fourth-order valence-electron chi connectivity index (χ4n) is 3.61. The van der Waals surface area contributed by atoms with Crippen molar-refractivity contribution in [3.8, 4) is 11.9 Å². The number of ether oxygens (including phenoxy) is 1. The molecule has 2 fully saturated rings. The monoisotopic (exact) mass is 349 g/mol. The van der Waals surface area contributed by atoms with Crippen LogP contribution in [0.25, 0.3) is 0 Å². The van der Waals surface area contributed by atoms with Crippen LogP contribution in [-0.4, -0.2) is 42.7 Å². The Labute approximate surface area is 143 Å². The number of nitrogens with zero attached hydrogens (tertiary/aromatic N) is 3. The van der Waals surface area contributed by atoms with Gasteiger partial charge in [0.2, 0.25) is 15.9 Å². The first-order chi connectivity index (χ1) is 11.5. The summed E-state index contributed by atoms with van der Waals surface area (Å²) in [5, 5.41) is 8.77. The number of nitriles is 1. The van der Waals surface area contributed by atoms with Gasteiger partial charge in [-0.05, 0) is 37.2 Å². The van der Waals surface area contributed by atoms with Gasteiger partial charge >= 0.3 is 0 Å². The number of hydrogen-bond acceptors (Lipinski definition) is 5. The van der Waals surface area contributed by atoms with Crippen molar-refractivity contribution in [1.29, 1.82) is 5.26 Å². The molecule has 0 aromatic carbocycles. The second-order valence-corrected chi connectivity index (χ2v) is 8.96.